The summed E-state index contributed by atoms with van der Waals surface area (Å²) in [6.45, 7) is 10.6. The molecule has 4 rings (SSSR count). The van der Waals surface area contributed by atoms with Gasteiger partial charge in [-0.15, -0.1) is 0 Å². The van der Waals surface area contributed by atoms with Crippen molar-refractivity contribution in [2.45, 2.75) is 240 Å². The van der Waals surface area contributed by atoms with Crippen LogP contribution in [0.4, 0.5) is 0 Å². The van der Waals surface area contributed by atoms with Gasteiger partial charge in [0.1, 0.15) is 0 Å². The number of benzene rings is 2. The number of aryl methyl sites for hydroxylation is 2. The third-order valence-corrected chi connectivity index (χ3v) is 12.6. The van der Waals surface area contributed by atoms with Crippen molar-refractivity contribution in [2.24, 2.45) is 0 Å². The Morgan fingerprint density at radius 1 is 0.292 bits per heavy atom. The Morgan fingerprint density at radius 2 is 0.538 bits per heavy atom. The average molecular weight is 891 g/mol. The first-order valence-electron chi connectivity index (χ1n) is 27.2. The summed E-state index contributed by atoms with van der Waals surface area (Å²) in [5.74, 6) is 3.08. The van der Waals surface area contributed by atoms with Crippen LogP contribution in [0.25, 0.3) is 22.8 Å². The van der Waals surface area contributed by atoms with Crippen LogP contribution in [0, 0.1) is 0 Å². The highest BCUT2D eigenvalue weighted by Crippen LogP contribution is 2.21. The summed E-state index contributed by atoms with van der Waals surface area (Å²) in [7, 11) is 0. The number of hydrogen-bond donors (Lipinski definition) is 0. The smallest absolute Gasteiger partial charge is 0.159 e. The van der Waals surface area contributed by atoms with Gasteiger partial charge in [0.25, 0.3) is 0 Å². The molecular formula is C59H94N4O2. The Kier molecular flexibility index (Phi) is 33.6. The zero-order valence-electron chi connectivity index (χ0n) is 42.3. The Labute approximate surface area is 399 Å². The molecule has 0 fully saturated rings. The fourth-order valence-corrected chi connectivity index (χ4v) is 8.32. The van der Waals surface area contributed by atoms with E-state index in [4.69, 9.17) is 9.47 Å². The fourth-order valence-electron chi connectivity index (χ4n) is 8.32. The van der Waals surface area contributed by atoms with Crippen LogP contribution < -0.4 is 9.47 Å². The highest BCUT2D eigenvalue weighted by atomic mass is 16.5. The van der Waals surface area contributed by atoms with Crippen molar-refractivity contribution in [2.75, 3.05) is 13.2 Å². The molecule has 2 aromatic carbocycles. The van der Waals surface area contributed by atoms with E-state index < -0.39 is 0 Å². The Balaban J connectivity index is 0.000000345. The lowest BCUT2D eigenvalue weighted by molar-refractivity contribution is 0.302. The van der Waals surface area contributed by atoms with Crippen molar-refractivity contribution in [3.8, 4) is 34.3 Å². The monoisotopic (exact) mass is 891 g/mol. The van der Waals surface area contributed by atoms with Crippen molar-refractivity contribution in [3.05, 3.63) is 84.4 Å². The van der Waals surface area contributed by atoms with E-state index in [9.17, 15) is 0 Å². The molecule has 0 bridgehead atoms. The average Bonchev–Trinajstić information content (AvgIpc) is 3.34. The molecule has 65 heavy (non-hydrogen) atoms. The second-order valence-corrected chi connectivity index (χ2v) is 18.6. The van der Waals surface area contributed by atoms with E-state index in [2.05, 4.69) is 96.2 Å². The maximum atomic E-state index is 5.80. The molecule has 6 nitrogen and oxygen atoms in total. The summed E-state index contributed by atoms with van der Waals surface area (Å²) >= 11 is 0. The summed E-state index contributed by atoms with van der Waals surface area (Å²) in [5.41, 5.74) is 4.97. The van der Waals surface area contributed by atoms with E-state index in [0.717, 1.165) is 60.3 Å². The largest absolute Gasteiger partial charge is 0.490 e. The zero-order valence-corrected chi connectivity index (χ0v) is 42.3. The lowest BCUT2D eigenvalue weighted by Gasteiger charge is -2.07. The van der Waals surface area contributed by atoms with Gasteiger partial charge in [-0.05, 0) is 49.7 Å². The van der Waals surface area contributed by atoms with Crippen LogP contribution in [-0.4, -0.2) is 33.1 Å². The second kappa shape index (κ2) is 39.4. The quantitative estimate of drug-likeness (QED) is 0.0416. The number of ether oxygens (including phenoxy) is 2. The van der Waals surface area contributed by atoms with E-state index in [1.165, 1.54) is 210 Å². The van der Waals surface area contributed by atoms with Crippen LogP contribution in [0.5, 0.6) is 11.5 Å². The molecule has 0 unspecified atom stereocenters. The van der Waals surface area contributed by atoms with Crippen molar-refractivity contribution in [1.82, 2.24) is 19.9 Å². The number of aromatic nitrogens is 4. The van der Waals surface area contributed by atoms with Crippen molar-refractivity contribution in [3.63, 3.8) is 0 Å². The lowest BCUT2D eigenvalue weighted by atomic mass is 10.0. The Morgan fingerprint density at radius 3 is 0.815 bits per heavy atom. The maximum absolute atomic E-state index is 5.80. The topological polar surface area (TPSA) is 70.0 Å². The Bertz CT molecular complexity index is 1630. The van der Waals surface area contributed by atoms with Gasteiger partial charge in [-0.1, -0.05) is 250 Å². The molecular weight excluding hydrogens is 797 g/mol. The van der Waals surface area contributed by atoms with Gasteiger partial charge in [0.15, 0.2) is 23.1 Å². The maximum Gasteiger partial charge on any atom is 0.159 e. The first kappa shape index (κ1) is 55.5. The molecule has 0 spiro atoms. The molecule has 0 amide bonds. The number of rotatable bonds is 39. The summed E-state index contributed by atoms with van der Waals surface area (Å²) < 4.78 is 11.6. The standard InChI is InChI=1S/C30H48N2O.C29H46N2O/c1-3-5-7-9-11-12-13-14-15-17-19-27-20-22-28(23-21-27)30-31-25-29(26-32-30)33-24-18-16-10-8-6-4-2;1-3-5-7-9-11-12-13-14-16-18-26-19-21-27(22-20-26)29-30-24-28(25-31-29)32-23-17-15-10-8-6-4-2/h20-23,25-26H,3-19,24H2,1-2H3;19-22,24-25H,3-18,23H2,1-2H3. The lowest BCUT2D eigenvalue weighted by Crippen LogP contribution is -1.99. The number of unbranched alkanes of at least 4 members (excludes halogenated alkanes) is 27. The van der Waals surface area contributed by atoms with Crippen molar-refractivity contribution < 1.29 is 9.47 Å². The molecule has 0 saturated carbocycles. The SMILES string of the molecule is CCCCCCCCCCCCc1ccc(-c2ncc(OCCCCCCCC)cn2)cc1.CCCCCCCCCCCc1ccc(-c2ncc(OCCCCCCCC)cn2)cc1. The minimum atomic E-state index is 0.752. The van der Waals surface area contributed by atoms with E-state index in [-0.39, 0.29) is 0 Å². The first-order valence-corrected chi connectivity index (χ1v) is 27.2. The van der Waals surface area contributed by atoms with Gasteiger partial charge < -0.3 is 9.47 Å². The normalized spacial score (nSPS) is 11.1. The van der Waals surface area contributed by atoms with E-state index in [0.29, 0.717) is 0 Å². The van der Waals surface area contributed by atoms with Crippen molar-refractivity contribution in [1.29, 1.82) is 0 Å². The molecule has 0 radical (unpaired) electrons. The number of nitrogens with zero attached hydrogens (tertiary/aromatic N) is 4. The van der Waals surface area contributed by atoms with E-state index >= 15 is 0 Å². The van der Waals surface area contributed by atoms with Crippen LogP contribution in [0.15, 0.2) is 73.3 Å². The summed E-state index contributed by atoms with van der Waals surface area (Å²) in [6, 6.07) is 17.5. The molecule has 0 aliphatic rings. The minimum Gasteiger partial charge on any atom is -0.490 e. The zero-order chi connectivity index (χ0) is 46.1. The first-order chi connectivity index (χ1) is 32.2. The van der Waals surface area contributed by atoms with Gasteiger partial charge in [-0.25, -0.2) is 19.9 Å². The second-order valence-electron chi connectivity index (χ2n) is 18.6. The van der Waals surface area contributed by atoms with Gasteiger partial charge in [-0.3, -0.25) is 0 Å². The summed E-state index contributed by atoms with van der Waals surface area (Å²) in [6.07, 6.45) is 51.1. The Hall–Kier alpha value is -3.80. The van der Waals surface area contributed by atoms with Crippen molar-refractivity contribution >= 4 is 0 Å². The predicted molar refractivity (Wildman–Crippen MR) is 279 cm³/mol. The highest BCUT2D eigenvalue weighted by molar-refractivity contribution is 5.56. The molecule has 0 aliphatic heterocycles. The molecule has 4 aromatic rings. The van der Waals surface area contributed by atoms with E-state index in [1.807, 2.05) is 0 Å². The molecule has 0 saturated heterocycles. The van der Waals surface area contributed by atoms with Crippen LogP contribution in [0.2, 0.25) is 0 Å². The highest BCUT2D eigenvalue weighted by Gasteiger charge is 2.06. The van der Waals surface area contributed by atoms with Gasteiger partial charge >= 0.3 is 0 Å². The molecule has 0 N–H and O–H groups in total. The van der Waals surface area contributed by atoms with Gasteiger partial charge in [0, 0.05) is 11.1 Å². The van der Waals surface area contributed by atoms with Gasteiger partial charge in [0.05, 0.1) is 38.0 Å². The van der Waals surface area contributed by atoms with Crippen LogP contribution in [0.3, 0.4) is 0 Å². The third-order valence-electron chi connectivity index (χ3n) is 12.6. The molecule has 362 valence electrons. The van der Waals surface area contributed by atoms with Gasteiger partial charge in [0.2, 0.25) is 0 Å². The summed E-state index contributed by atoms with van der Waals surface area (Å²) in [5, 5.41) is 0. The predicted octanol–water partition coefficient (Wildman–Crippen LogP) is 18.3. The molecule has 6 heteroatoms. The van der Waals surface area contributed by atoms with Crippen LogP contribution >= 0.6 is 0 Å². The number of hydrogen-bond acceptors (Lipinski definition) is 6. The molecule has 0 atom stereocenters. The summed E-state index contributed by atoms with van der Waals surface area (Å²) in [4.78, 5) is 18.0. The van der Waals surface area contributed by atoms with Crippen LogP contribution in [-0.2, 0) is 12.8 Å². The third kappa shape index (κ3) is 28.1. The van der Waals surface area contributed by atoms with Gasteiger partial charge in [-0.2, -0.15) is 0 Å². The van der Waals surface area contributed by atoms with Crippen LogP contribution in [0.1, 0.15) is 238 Å². The molecule has 2 aromatic heterocycles. The molecule has 2 heterocycles. The molecule has 0 aliphatic carbocycles. The fraction of sp³-hybridized carbons (Fsp3) is 0.661. The van der Waals surface area contributed by atoms with E-state index in [1.54, 1.807) is 24.8 Å². The minimum absolute atomic E-state index is 0.752.